The van der Waals surface area contributed by atoms with Crippen LogP contribution in [0.3, 0.4) is 0 Å². The Morgan fingerprint density at radius 3 is 2.85 bits per heavy atom. The second-order valence-electron chi connectivity index (χ2n) is 5.93. The first kappa shape index (κ1) is 13.2. The predicted molar refractivity (Wildman–Crippen MR) is 77.1 cm³/mol. The van der Waals surface area contributed by atoms with Crippen LogP contribution in [0.4, 0.5) is 11.4 Å². The number of nitrogens with zero attached hydrogens (tertiary/aromatic N) is 1. The maximum Gasteiger partial charge on any atom is 0.333 e. The van der Waals surface area contributed by atoms with Crippen molar-refractivity contribution in [1.29, 1.82) is 0 Å². The van der Waals surface area contributed by atoms with Gasteiger partial charge in [-0.15, -0.1) is 0 Å². The first-order valence-corrected chi connectivity index (χ1v) is 7.24. The van der Waals surface area contributed by atoms with E-state index in [1.807, 2.05) is 0 Å². The van der Waals surface area contributed by atoms with Crippen molar-refractivity contribution in [2.45, 2.75) is 25.7 Å². The largest absolute Gasteiger partial charge is 0.490 e. The van der Waals surface area contributed by atoms with Crippen LogP contribution in [0.2, 0.25) is 0 Å². The summed E-state index contributed by atoms with van der Waals surface area (Å²) >= 11 is 0. The van der Waals surface area contributed by atoms with Crippen LogP contribution in [0.5, 0.6) is 5.75 Å². The average molecular weight is 276 g/mol. The molecule has 0 spiro atoms. The summed E-state index contributed by atoms with van der Waals surface area (Å²) in [6.07, 6.45) is 5.33. The Morgan fingerprint density at radius 2 is 2.25 bits per heavy atom. The molecule has 0 radical (unpaired) electrons. The highest BCUT2D eigenvalue weighted by atomic mass is 16.6. The topological polar surface area (TPSA) is 64.4 Å². The Morgan fingerprint density at radius 1 is 1.40 bits per heavy atom. The van der Waals surface area contributed by atoms with Crippen LogP contribution in [0.1, 0.15) is 25.7 Å². The van der Waals surface area contributed by atoms with E-state index in [0.717, 1.165) is 18.4 Å². The van der Waals surface area contributed by atoms with Gasteiger partial charge in [0, 0.05) is 6.54 Å². The number of benzene rings is 1. The van der Waals surface area contributed by atoms with Gasteiger partial charge in [0.1, 0.15) is 5.69 Å². The van der Waals surface area contributed by atoms with Gasteiger partial charge >= 0.3 is 5.69 Å². The molecular formula is C15H20N2O3. The van der Waals surface area contributed by atoms with E-state index in [9.17, 15) is 10.1 Å². The van der Waals surface area contributed by atoms with Crippen LogP contribution in [0.25, 0.3) is 0 Å². The molecule has 1 aromatic carbocycles. The van der Waals surface area contributed by atoms with Crippen molar-refractivity contribution < 1.29 is 9.66 Å². The lowest BCUT2D eigenvalue weighted by atomic mass is 9.89. The molecule has 1 aromatic rings. The zero-order valence-electron chi connectivity index (χ0n) is 11.7. The number of para-hydroxylation sites is 1. The van der Waals surface area contributed by atoms with Gasteiger partial charge in [-0.2, -0.15) is 0 Å². The summed E-state index contributed by atoms with van der Waals surface area (Å²) in [5, 5.41) is 14.5. The molecule has 3 unspecified atom stereocenters. The second kappa shape index (κ2) is 5.31. The van der Waals surface area contributed by atoms with Crippen LogP contribution in [0.15, 0.2) is 18.2 Å². The molecule has 3 atom stereocenters. The molecule has 2 saturated carbocycles. The van der Waals surface area contributed by atoms with Gasteiger partial charge in [0.05, 0.1) is 12.0 Å². The molecule has 1 N–H and O–H groups in total. The van der Waals surface area contributed by atoms with Gasteiger partial charge in [-0.3, -0.25) is 10.1 Å². The van der Waals surface area contributed by atoms with Crippen molar-refractivity contribution in [3.63, 3.8) is 0 Å². The van der Waals surface area contributed by atoms with Gasteiger partial charge in [0.2, 0.25) is 0 Å². The standard InChI is InChI=1S/C15H20N2O3/c1-20-14-4-2-3-13(15(14)17(18)19)16-9-12-8-10-5-6-11(12)7-10/h2-4,10-12,16H,5-9H2,1H3. The minimum absolute atomic E-state index is 0.0400. The molecule has 3 rings (SSSR count). The van der Waals surface area contributed by atoms with Crippen LogP contribution < -0.4 is 10.1 Å². The Bertz CT molecular complexity index is 518. The number of nitro benzene ring substituents is 1. The molecule has 0 aliphatic heterocycles. The van der Waals surface area contributed by atoms with Crippen molar-refractivity contribution in [1.82, 2.24) is 0 Å². The summed E-state index contributed by atoms with van der Waals surface area (Å²) in [6.45, 7) is 0.829. The number of anilines is 1. The lowest BCUT2D eigenvalue weighted by Gasteiger charge is -2.22. The number of methoxy groups -OCH3 is 1. The second-order valence-corrected chi connectivity index (χ2v) is 5.93. The SMILES string of the molecule is COc1cccc(NCC2CC3CCC2C3)c1[N+](=O)[O-]. The number of ether oxygens (including phenoxy) is 1. The van der Waals surface area contributed by atoms with E-state index in [-0.39, 0.29) is 10.6 Å². The lowest BCUT2D eigenvalue weighted by Crippen LogP contribution is -2.20. The normalized spacial score (nSPS) is 27.6. The third-order valence-electron chi connectivity index (χ3n) is 4.84. The van der Waals surface area contributed by atoms with E-state index in [4.69, 9.17) is 4.74 Å². The van der Waals surface area contributed by atoms with Crippen molar-refractivity contribution in [2.24, 2.45) is 17.8 Å². The summed E-state index contributed by atoms with van der Waals surface area (Å²) in [6, 6.07) is 5.17. The Kier molecular flexibility index (Phi) is 3.51. The smallest absolute Gasteiger partial charge is 0.333 e. The number of hydrogen-bond acceptors (Lipinski definition) is 4. The van der Waals surface area contributed by atoms with E-state index >= 15 is 0 Å². The fraction of sp³-hybridized carbons (Fsp3) is 0.600. The Balaban J connectivity index is 1.72. The maximum atomic E-state index is 11.2. The highest BCUT2D eigenvalue weighted by molar-refractivity contribution is 5.68. The average Bonchev–Trinajstić information content (AvgIpc) is 3.06. The summed E-state index contributed by atoms with van der Waals surface area (Å²) in [5.74, 6) is 2.69. The monoisotopic (exact) mass is 276 g/mol. The fourth-order valence-electron chi connectivity index (χ4n) is 3.89. The molecule has 2 fully saturated rings. The molecule has 0 saturated heterocycles. The first-order valence-electron chi connectivity index (χ1n) is 7.24. The maximum absolute atomic E-state index is 11.2. The predicted octanol–water partition coefficient (Wildman–Crippen LogP) is 3.45. The number of nitrogens with one attached hydrogen (secondary N) is 1. The molecular weight excluding hydrogens is 256 g/mol. The van der Waals surface area contributed by atoms with Crippen LogP contribution in [-0.4, -0.2) is 18.6 Å². The zero-order valence-corrected chi connectivity index (χ0v) is 11.7. The van der Waals surface area contributed by atoms with E-state index in [0.29, 0.717) is 17.4 Å². The molecule has 0 amide bonds. The van der Waals surface area contributed by atoms with Gasteiger partial charge in [-0.05, 0) is 49.1 Å². The molecule has 2 aliphatic rings. The van der Waals surface area contributed by atoms with Gasteiger partial charge in [0.15, 0.2) is 5.75 Å². The van der Waals surface area contributed by atoms with Crippen LogP contribution in [-0.2, 0) is 0 Å². The van der Waals surface area contributed by atoms with Crippen LogP contribution >= 0.6 is 0 Å². The molecule has 20 heavy (non-hydrogen) atoms. The Hall–Kier alpha value is -1.78. The van der Waals surface area contributed by atoms with E-state index in [2.05, 4.69) is 5.32 Å². The van der Waals surface area contributed by atoms with Crippen molar-refractivity contribution in [3.05, 3.63) is 28.3 Å². The zero-order chi connectivity index (χ0) is 14.1. The van der Waals surface area contributed by atoms with E-state index < -0.39 is 0 Å². The molecule has 2 aliphatic carbocycles. The number of nitro groups is 1. The minimum atomic E-state index is -0.373. The van der Waals surface area contributed by atoms with Crippen LogP contribution in [0, 0.1) is 27.9 Å². The highest BCUT2D eigenvalue weighted by Gasteiger charge is 2.39. The summed E-state index contributed by atoms with van der Waals surface area (Å²) < 4.78 is 5.09. The Labute approximate surface area is 118 Å². The van der Waals surface area contributed by atoms with Crippen molar-refractivity contribution in [3.8, 4) is 5.75 Å². The molecule has 0 heterocycles. The lowest BCUT2D eigenvalue weighted by molar-refractivity contribution is -0.384. The van der Waals surface area contributed by atoms with E-state index in [1.54, 1.807) is 18.2 Å². The van der Waals surface area contributed by atoms with Crippen molar-refractivity contribution >= 4 is 11.4 Å². The van der Waals surface area contributed by atoms with Gasteiger partial charge in [0.25, 0.3) is 0 Å². The molecule has 0 aromatic heterocycles. The quantitative estimate of drug-likeness (QED) is 0.661. The first-order chi connectivity index (χ1) is 9.69. The van der Waals surface area contributed by atoms with E-state index in [1.165, 1.54) is 32.8 Å². The molecule has 108 valence electrons. The van der Waals surface area contributed by atoms with Gasteiger partial charge < -0.3 is 10.1 Å². The number of hydrogen-bond donors (Lipinski definition) is 1. The third kappa shape index (κ3) is 2.32. The molecule has 2 bridgehead atoms. The highest BCUT2D eigenvalue weighted by Crippen LogP contribution is 2.48. The third-order valence-corrected chi connectivity index (χ3v) is 4.84. The number of fused-ring (bicyclic) bond motifs is 2. The molecule has 5 heteroatoms. The minimum Gasteiger partial charge on any atom is -0.490 e. The summed E-state index contributed by atoms with van der Waals surface area (Å²) in [5.41, 5.74) is 0.607. The van der Waals surface area contributed by atoms with Crippen molar-refractivity contribution in [2.75, 3.05) is 19.0 Å². The fourth-order valence-corrected chi connectivity index (χ4v) is 3.89. The summed E-state index contributed by atoms with van der Waals surface area (Å²) in [7, 11) is 1.46. The number of rotatable bonds is 5. The molecule has 5 nitrogen and oxygen atoms in total. The van der Waals surface area contributed by atoms with Gasteiger partial charge in [-0.25, -0.2) is 0 Å². The van der Waals surface area contributed by atoms with Gasteiger partial charge in [-0.1, -0.05) is 12.5 Å². The summed E-state index contributed by atoms with van der Waals surface area (Å²) in [4.78, 5) is 10.8.